The molecule has 11 heteroatoms. The monoisotopic (exact) mass is 526 g/mol. The van der Waals surface area contributed by atoms with Crippen molar-refractivity contribution >= 4 is 44.5 Å². The van der Waals surface area contributed by atoms with Crippen molar-refractivity contribution in [2.24, 2.45) is 0 Å². The molecular weight excluding hydrogens is 503 g/mol. The third kappa shape index (κ3) is 7.40. The van der Waals surface area contributed by atoms with Gasteiger partial charge in [-0.2, -0.15) is 0 Å². The molecule has 0 aromatic heterocycles. The van der Waals surface area contributed by atoms with Gasteiger partial charge in [0.05, 0.1) is 0 Å². The van der Waals surface area contributed by atoms with E-state index in [0.29, 0.717) is 0 Å². The van der Waals surface area contributed by atoms with E-state index in [1.165, 1.54) is 46.3 Å². The van der Waals surface area contributed by atoms with Gasteiger partial charge in [0.2, 0.25) is 0 Å². The third-order valence-electron chi connectivity index (χ3n) is 3.11. The second-order valence-electron chi connectivity index (χ2n) is 5.49. The molecule has 0 amide bonds. The Kier molecular flexibility index (Phi) is 9.65. The Bertz CT molecular complexity index is 705. The number of esters is 2. The maximum absolute atomic E-state index is 11.7. The van der Waals surface area contributed by atoms with Gasteiger partial charge in [-0.1, -0.05) is 0 Å². The predicted molar refractivity (Wildman–Crippen MR) is 107 cm³/mol. The summed E-state index contributed by atoms with van der Waals surface area (Å²) in [6.07, 6.45) is -2.03. The zero-order valence-electron chi connectivity index (χ0n) is 16.8. The number of rotatable bonds is 9. The maximum atomic E-state index is 11.7. The van der Waals surface area contributed by atoms with Gasteiger partial charge < -0.3 is 0 Å². The summed E-state index contributed by atoms with van der Waals surface area (Å²) in [7, 11) is 2.41. The molecule has 0 aliphatic rings. The Morgan fingerprint density at radius 3 is 1.48 bits per heavy atom. The zero-order valence-corrected chi connectivity index (χ0v) is 19.0. The topological polar surface area (TPSA) is 124 Å². The third-order valence-corrected chi connectivity index (χ3v) is 7.10. The van der Waals surface area contributed by atoms with Crippen molar-refractivity contribution in [3.8, 4) is 11.5 Å². The number of methoxy groups -OCH3 is 2. The van der Waals surface area contributed by atoms with E-state index >= 15 is 0 Å². The number of hydrogen-bond acceptors (Lipinski definition) is 10. The van der Waals surface area contributed by atoms with Crippen LogP contribution in [-0.2, 0) is 34.8 Å². The Labute approximate surface area is 176 Å². The first-order valence-corrected chi connectivity index (χ1v) is 11.1. The predicted octanol–water partition coefficient (Wildman–Crippen LogP) is 2.20. The van der Waals surface area contributed by atoms with Crippen LogP contribution in [-0.4, -0.2) is 50.3 Å². The van der Waals surface area contributed by atoms with Gasteiger partial charge in [0.1, 0.15) is 0 Å². The summed E-state index contributed by atoms with van der Waals surface area (Å²) in [4.78, 5) is 46.7. The molecule has 0 heterocycles. The van der Waals surface area contributed by atoms with Gasteiger partial charge in [-0.3, -0.25) is 0 Å². The van der Waals surface area contributed by atoms with Crippen LogP contribution in [0.5, 0.6) is 11.5 Å². The number of halogens is 1. The normalized spacial score (nSPS) is 12.7. The summed E-state index contributed by atoms with van der Waals surface area (Å²) in [5.74, 6) is -2.48. The van der Waals surface area contributed by atoms with Gasteiger partial charge in [0.25, 0.3) is 0 Å². The minimum atomic E-state index is -3.45. The molecule has 0 radical (unpaired) electrons. The molecule has 1 aromatic carbocycles. The zero-order chi connectivity index (χ0) is 22.1. The van der Waals surface area contributed by atoms with E-state index in [2.05, 4.69) is 9.47 Å². The van der Waals surface area contributed by atoms with E-state index in [-0.39, 0.29) is 15.1 Å². The number of benzene rings is 1. The summed E-state index contributed by atoms with van der Waals surface area (Å²) >= 11 is -3.45. The Morgan fingerprint density at radius 1 is 0.793 bits per heavy atom. The van der Waals surface area contributed by atoms with Gasteiger partial charge in [0, 0.05) is 0 Å². The number of hydrogen-bond donors (Lipinski definition) is 0. The van der Waals surface area contributed by atoms with Crippen molar-refractivity contribution in [1.82, 2.24) is 0 Å². The van der Waals surface area contributed by atoms with Gasteiger partial charge >= 0.3 is 176 Å². The molecule has 1 aromatic rings. The van der Waals surface area contributed by atoms with Crippen LogP contribution in [0, 0.1) is 3.57 Å². The fraction of sp³-hybridized carbons (Fsp3) is 0.444. The second-order valence-corrected chi connectivity index (χ2v) is 8.69. The quantitative estimate of drug-likeness (QED) is 0.350. The first-order valence-electron chi connectivity index (χ1n) is 8.30. The van der Waals surface area contributed by atoms with E-state index < -0.39 is 56.7 Å². The molecule has 29 heavy (non-hydrogen) atoms. The number of carbonyl (C=O) groups excluding carboxylic acids is 4. The standard InChI is InChI=1S/C18H23IO10/c1-10(17(22)24-5)26-14-8-7-9-15(27-11(2)18(23)25-6)16(14)19(28-12(3)20)29-13(4)21/h7-11H,1-6H3/t10-,11-/m1/s1. The van der Waals surface area contributed by atoms with Crippen LogP contribution in [0.2, 0.25) is 0 Å². The first-order chi connectivity index (χ1) is 13.6. The van der Waals surface area contributed by atoms with Crippen LogP contribution in [0.1, 0.15) is 27.7 Å². The van der Waals surface area contributed by atoms with E-state index in [1.807, 2.05) is 0 Å². The summed E-state index contributed by atoms with van der Waals surface area (Å²) in [5.41, 5.74) is 0. The Balaban J connectivity index is 3.48. The van der Waals surface area contributed by atoms with Gasteiger partial charge in [0.15, 0.2) is 0 Å². The molecule has 0 spiro atoms. The van der Waals surface area contributed by atoms with Crippen molar-refractivity contribution in [2.45, 2.75) is 39.9 Å². The van der Waals surface area contributed by atoms with Gasteiger partial charge in [-0.05, 0) is 0 Å². The average molecular weight is 526 g/mol. The SMILES string of the molecule is COC(=O)[C@@H](C)Oc1cccc(O[C@H](C)C(=O)OC)c1I(OC(C)=O)OC(C)=O. The summed E-state index contributed by atoms with van der Waals surface area (Å²) in [5, 5.41) is 0. The summed E-state index contributed by atoms with van der Waals surface area (Å²) in [6, 6.07) is 4.52. The number of carbonyl (C=O) groups is 4. The first kappa shape index (κ1) is 24.5. The molecule has 0 unspecified atom stereocenters. The molecule has 0 fully saturated rings. The van der Waals surface area contributed by atoms with Crippen molar-refractivity contribution in [3.63, 3.8) is 0 Å². The molecule has 162 valence electrons. The minimum absolute atomic E-state index is 0.0881. The Morgan fingerprint density at radius 2 is 1.17 bits per heavy atom. The average Bonchev–Trinajstić information content (AvgIpc) is 2.65. The molecule has 1 rings (SSSR count). The number of ether oxygens (including phenoxy) is 4. The van der Waals surface area contributed by atoms with E-state index in [1.54, 1.807) is 0 Å². The van der Waals surface area contributed by atoms with Gasteiger partial charge in [-0.15, -0.1) is 0 Å². The van der Waals surface area contributed by atoms with Crippen molar-refractivity contribution in [2.75, 3.05) is 14.2 Å². The Hall–Kier alpha value is -2.57. The molecule has 0 saturated heterocycles. The van der Waals surface area contributed by atoms with E-state index in [0.717, 1.165) is 13.8 Å². The van der Waals surface area contributed by atoms with Crippen LogP contribution in [0.15, 0.2) is 18.2 Å². The second kappa shape index (κ2) is 11.4. The van der Waals surface area contributed by atoms with Crippen molar-refractivity contribution in [1.29, 1.82) is 0 Å². The molecule has 0 N–H and O–H groups in total. The van der Waals surface area contributed by atoms with Crippen molar-refractivity contribution < 1.29 is 44.3 Å². The molecule has 0 saturated carbocycles. The molecule has 0 aliphatic heterocycles. The van der Waals surface area contributed by atoms with Gasteiger partial charge in [-0.25, -0.2) is 0 Å². The summed E-state index contributed by atoms with van der Waals surface area (Å²) in [6.45, 7) is 5.23. The molecule has 10 nitrogen and oxygen atoms in total. The van der Waals surface area contributed by atoms with Crippen LogP contribution in [0.25, 0.3) is 0 Å². The van der Waals surface area contributed by atoms with Crippen LogP contribution >= 0.6 is 20.6 Å². The fourth-order valence-corrected chi connectivity index (χ4v) is 5.06. The van der Waals surface area contributed by atoms with E-state index in [9.17, 15) is 19.2 Å². The fourth-order valence-electron chi connectivity index (χ4n) is 1.92. The molecule has 0 bridgehead atoms. The molecular formula is C18H23IO10. The van der Waals surface area contributed by atoms with Crippen LogP contribution in [0.3, 0.4) is 0 Å². The molecule has 0 aliphatic carbocycles. The summed E-state index contributed by atoms with van der Waals surface area (Å²) < 4.78 is 31.2. The van der Waals surface area contributed by atoms with Crippen LogP contribution < -0.4 is 9.47 Å². The van der Waals surface area contributed by atoms with Crippen molar-refractivity contribution in [3.05, 3.63) is 21.8 Å². The van der Waals surface area contributed by atoms with E-state index in [4.69, 9.17) is 15.6 Å². The van der Waals surface area contributed by atoms with Crippen LogP contribution in [0.4, 0.5) is 0 Å². The molecule has 2 atom stereocenters.